The van der Waals surface area contributed by atoms with E-state index in [1.54, 1.807) is 18.2 Å². The van der Waals surface area contributed by atoms with Gasteiger partial charge in [0.05, 0.1) is 6.21 Å². The van der Waals surface area contributed by atoms with E-state index < -0.39 is 11.6 Å². The molecule has 2 aromatic rings. The van der Waals surface area contributed by atoms with Gasteiger partial charge >= 0.3 is 0 Å². The first kappa shape index (κ1) is 13.0. The molecule has 0 aliphatic rings. The van der Waals surface area contributed by atoms with E-state index in [2.05, 4.69) is 5.10 Å². The Morgan fingerprint density at radius 2 is 1.79 bits per heavy atom. The zero-order chi connectivity index (χ0) is 13.7. The van der Waals surface area contributed by atoms with Gasteiger partial charge in [0.1, 0.15) is 6.61 Å². The van der Waals surface area contributed by atoms with Crippen molar-refractivity contribution < 1.29 is 13.5 Å². The summed E-state index contributed by atoms with van der Waals surface area (Å²) in [6.45, 7) is 0.0596. The highest BCUT2D eigenvalue weighted by Crippen LogP contribution is 2.22. The minimum atomic E-state index is -0.723. The predicted octanol–water partition coefficient (Wildman–Crippen LogP) is 2.84. The second kappa shape index (κ2) is 5.95. The van der Waals surface area contributed by atoms with Crippen LogP contribution < -0.4 is 10.6 Å². The maximum absolute atomic E-state index is 13.4. The van der Waals surface area contributed by atoms with Gasteiger partial charge in [-0.3, -0.25) is 0 Å². The highest BCUT2D eigenvalue weighted by atomic mass is 19.1. The van der Waals surface area contributed by atoms with Gasteiger partial charge in [-0.05, 0) is 29.3 Å². The molecule has 0 saturated heterocycles. The highest BCUT2D eigenvalue weighted by Gasteiger charge is 2.09. The van der Waals surface area contributed by atoms with Crippen molar-refractivity contribution in [1.82, 2.24) is 0 Å². The third-order valence-electron chi connectivity index (χ3n) is 2.48. The molecule has 0 saturated carbocycles. The van der Waals surface area contributed by atoms with Crippen LogP contribution in [0.4, 0.5) is 8.78 Å². The molecule has 2 aromatic carbocycles. The number of ether oxygens (including phenoxy) is 1. The van der Waals surface area contributed by atoms with E-state index in [0.717, 1.165) is 23.3 Å². The van der Waals surface area contributed by atoms with Crippen LogP contribution in [0.15, 0.2) is 47.6 Å². The number of halogens is 2. The van der Waals surface area contributed by atoms with Crippen molar-refractivity contribution in [3.8, 4) is 5.75 Å². The molecule has 0 aliphatic carbocycles. The second-order valence-electron chi connectivity index (χ2n) is 3.86. The van der Waals surface area contributed by atoms with Crippen LogP contribution in [0.1, 0.15) is 11.1 Å². The van der Waals surface area contributed by atoms with Crippen molar-refractivity contribution in [2.24, 2.45) is 10.9 Å². The van der Waals surface area contributed by atoms with Gasteiger partial charge in [-0.1, -0.05) is 24.3 Å². The third-order valence-corrected chi connectivity index (χ3v) is 2.48. The fraction of sp³-hybridized carbons (Fsp3) is 0.0714. The van der Waals surface area contributed by atoms with E-state index in [0.29, 0.717) is 0 Å². The summed E-state index contributed by atoms with van der Waals surface area (Å²) in [7, 11) is 0. The molecule has 0 bridgehead atoms. The summed E-state index contributed by atoms with van der Waals surface area (Å²) in [6.07, 6.45) is 1.48. The smallest absolute Gasteiger partial charge is 0.191 e. The van der Waals surface area contributed by atoms with Crippen LogP contribution in [-0.2, 0) is 6.61 Å². The fourth-order valence-electron chi connectivity index (χ4n) is 1.63. The van der Waals surface area contributed by atoms with Crippen molar-refractivity contribution in [1.29, 1.82) is 0 Å². The summed E-state index contributed by atoms with van der Waals surface area (Å²) in [5.74, 6) is 3.23. The van der Waals surface area contributed by atoms with Gasteiger partial charge in [0, 0.05) is 0 Å². The summed E-state index contributed by atoms with van der Waals surface area (Å²) in [5.41, 5.74) is 1.55. The van der Waals surface area contributed by atoms with Crippen LogP contribution in [0.25, 0.3) is 0 Å². The quantitative estimate of drug-likeness (QED) is 0.523. The molecule has 0 aromatic heterocycles. The van der Waals surface area contributed by atoms with Gasteiger partial charge in [0.15, 0.2) is 17.4 Å². The molecular weight excluding hydrogens is 250 g/mol. The normalized spacial score (nSPS) is 10.8. The topological polar surface area (TPSA) is 47.6 Å². The van der Waals surface area contributed by atoms with Gasteiger partial charge < -0.3 is 10.6 Å². The van der Waals surface area contributed by atoms with Crippen molar-refractivity contribution in [2.75, 3.05) is 0 Å². The van der Waals surface area contributed by atoms with Crippen LogP contribution in [0.5, 0.6) is 5.75 Å². The minimum absolute atomic E-state index is 0.0596. The molecule has 0 atom stereocenters. The number of rotatable bonds is 4. The molecule has 2 N–H and O–H groups in total. The van der Waals surface area contributed by atoms with Crippen molar-refractivity contribution >= 4 is 6.21 Å². The number of benzene rings is 2. The maximum Gasteiger partial charge on any atom is 0.191 e. The lowest BCUT2D eigenvalue weighted by atomic mass is 10.1. The van der Waals surface area contributed by atoms with E-state index >= 15 is 0 Å². The molecule has 0 heterocycles. The molecule has 3 nitrogen and oxygen atoms in total. The maximum atomic E-state index is 13.4. The van der Waals surface area contributed by atoms with Crippen LogP contribution in [0.2, 0.25) is 0 Å². The first-order valence-electron chi connectivity index (χ1n) is 5.59. The number of hydrazone groups is 1. The number of hydrogen-bond acceptors (Lipinski definition) is 3. The van der Waals surface area contributed by atoms with Crippen LogP contribution in [0.3, 0.4) is 0 Å². The average molecular weight is 262 g/mol. The van der Waals surface area contributed by atoms with Gasteiger partial charge in [0.2, 0.25) is 0 Å². The Morgan fingerprint density at radius 3 is 2.47 bits per heavy atom. The fourth-order valence-corrected chi connectivity index (χ4v) is 1.63. The Bertz CT molecular complexity index is 579. The summed E-state index contributed by atoms with van der Waals surface area (Å²) in [4.78, 5) is 0. The number of hydrogen-bond donors (Lipinski definition) is 1. The number of nitrogens with two attached hydrogens (primary N) is 1. The Morgan fingerprint density at radius 1 is 1.11 bits per heavy atom. The van der Waals surface area contributed by atoms with E-state index in [4.69, 9.17) is 10.6 Å². The monoisotopic (exact) mass is 262 g/mol. The molecule has 2 rings (SSSR count). The van der Waals surface area contributed by atoms with Crippen molar-refractivity contribution in [3.63, 3.8) is 0 Å². The zero-order valence-corrected chi connectivity index (χ0v) is 10.0. The first-order valence-corrected chi connectivity index (χ1v) is 5.59. The summed E-state index contributed by atoms with van der Waals surface area (Å²) < 4.78 is 31.9. The highest BCUT2D eigenvalue weighted by molar-refractivity contribution is 5.79. The van der Waals surface area contributed by atoms with Gasteiger partial charge in [-0.15, -0.1) is 0 Å². The Kier molecular flexibility index (Phi) is 4.07. The first-order chi connectivity index (χ1) is 9.20. The molecule has 0 spiro atoms. The van der Waals surface area contributed by atoms with Crippen LogP contribution in [0, 0.1) is 11.6 Å². The molecule has 0 amide bonds. The Hall–Kier alpha value is -2.43. The summed E-state index contributed by atoms with van der Waals surface area (Å²) in [6, 6.07) is 10.7. The zero-order valence-electron chi connectivity index (χ0n) is 10.0. The van der Waals surface area contributed by atoms with Gasteiger partial charge in [0.25, 0.3) is 0 Å². The van der Waals surface area contributed by atoms with Crippen molar-refractivity contribution in [2.45, 2.75) is 6.61 Å². The van der Waals surface area contributed by atoms with Crippen molar-refractivity contribution in [3.05, 3.63) is 65.2 Å². The van der Waals surface area contributed by atoms with Crippen LogP contribution >= 0.6 is 0 Å². The van der Waals surface area contributed by atoms with E-state index in [-0.39, 0.29) is 12.4 Å². The molecule has 0 radical (unpaired) electrons. The second-order valence-corrected chi connectivity index (χ2v) is 3.86. The standard InChI is InChI=1S/C14H12F2N2O/c15-12-5-2-6-13(16)14(12)19-9-11-4-1-3-10(7-11)8-18-17/h1-8H,9,17H2. The molecule has 19 heavy (non-hydrogen) atoms. The predicted molar refractivity (Wildman–Crippen MR) is 68.9 cm³/mol. The Labute approximate surface area is 109 Å². The van der Waals surface area contributed by atoms with E-state index in [1.807, 2.05) is 6.07 Å². The lowest BCUT2D eigenvalue weighted by Crippen LogP contribution is -2.00. The lowest BCUT2D eigenvalue weighted by molar-refractivity contribution is 0.274. The minimum Gasteiger partial charge on any atom is -0.483 e. The third kappa shape index (κ3) is 3.28. The molecule has 0 fully saturated rings. The molecule has 98 valence electrons. The molecule has 5 heteroatoms. The van der Waals surface area contributed by atoms with Crippen LogP contribution in [-0.4, -0.2) is 6.21 Å². The lowest BCUT2D eigenvalue weighted by Gasteiger charge is -2.08. The number of para-hydroxylation sites is 1. The van der Waals surface area contributed by atoms with Gasteiger partial charge in [-0.2, -0.15) is 5.10 Å². The average Bonchev–Trinajstić information content (AvgIpc) is 2.39. The summed E-state index contributed by atoms with van der Waals surface area (Å²) in [5, 5.41) is 3.41. The molecule has 0 unspecified atom stereocenters. The molecular formula is C14H12F2N2O. The largest absolute Gasteiger partial charge is 0.483 e. The van der Waals surface area contributed by atoms with E-state index in [9.17, 15) is 8.78 Å². The van der Waals surface area contributed by atoms with E-state index in [1.165, 1.54) is 12.3 Å². The van der Waals surface area contributed by atoms with Gasteiger partial charge in [-0.25, -0.2) is 8.78 Å². The Balaban J connectivity index is 2.12. The SMILES string of the molecule is NN=Cc1cccc(COc2c(F)cccc2F)c1. The molecule has 0 aliphatic heterocycles. The number of nitrogens with zero attached hydrogens (tertiary/aromatic N) is 1. The summed E-state index contributed by atoms with van der Waals surface area (Å²) >= 11 is 0.